The summed E-state index contributed by atoms with van der Waals surface area (Å²) in [6.45, 7) is 0.330. The van der Waals surface area contributed by atoms with E-state index in [2.05, 4.69) is 0 Å². The third-order valence-corrected chi connectivity index (χ3v) is 0.917. The molecule has 4 heteroatoms. The van der Waals surface area contributed by atoms with Crippen molar-refractivity contribution >= 4 is 8.03 Å². The molecule has 1 unspecified atom stereocenters. The van der Waals surface area contributed by atoms with Gasteiger partial charge in [0.15, 0.2) is 0 Å². The van der Waals surface area contributed by atoms with E-state index in [4.69, 9.17) is 10.6 Å². The first-order valence-corrected chi connectivity index (χ1v) is 3.30. The molecule has 0 heterocycles. The fourth-order valence-electron chi connectivity index (χ4n) is 0.169. The van der Waals surface area contributed by atoms with Crippen molar-refractivity contribution in [2.75, 3.05) is 6.54 Å². The maximum Gasteiger partial charge on any atom is 0.210 e. The van der Waals surface area contributed by atoms with Crippen LogP contribution in [0, 0.1) is 0 Å². The molecule has 0 rings (SSSR count). The van der Waals surface area contributed by atoms with Crippen LogP contribution >= 0.6 is 8.03 Å². The first kappa shape index (κ1) is 6.89. The van der Waals surface area contributed by atoms with Gasteiger partial charge in [-0.3, -0.25) is 4.57 Å². The predicted octanol–water partition coefficient (Wildman–Crippen LogP) is -0.0742. The topological polar surface area (TPSA) is 63.3 Å². The van der Waals surface area contributed by atoms with E-state index in [1.807, 2.05) is 0 Å². The lowest BCUT2D eigenvalue weighted by Crippen LogP contribution is -1.91. The Hall–Kier alpha value is -0.110. The molecular formula is C3H8NO2P. The summed E-state index contributed by atoms with van der Waals surface area (Å²) in [4.78, 5) is 8.09. The summed E-state index contributed by atoms with van der Waals surface area (Å²) >= 11 is 0. The summed E-state index contributed by atoms with van der Waals surface area (Å²) in [5.41, 5.74) is 4.96. The highest BCUT2D eigenvalue weighted by Gasteiger charge is 1.74. The third kappa shape index (κ3) is 5.89. The predicted molar refractivity (Wildman–Crippen MR) is 29.4 cm³/mol. The van der Waals surface area contributed by atoms with Crippen LogP contribution in [0.25, 0.3) is 0 Å². The lowest BCUT2D eigenvalue weighted by atomic mass is 10.7. The fraction of sp³-hybridized carbons (Fsp3) is 0.333. The largest absolute Gasteiger partial charge is 0.344 e. The number of hydrogen-bond acceptors (Lipinski definition) is 2. The van der Waals surface area contributed by atoms with Gasteiger partial charge in [-0.05, 0) is 5.82 Å². The van der Waals surface area contributed by atoms with Gasteiger partial charge in [-0.2, -0.15) is 0 Å². The summed E-state index contributed by atoms with van der Waals surface area (Å²) in [6.07, 6.45) is 1.46. The molecule has 0 radical (unpaired) electrons. The zero-order chi connectivity index (χ0) is 5.70. The Balaban J connectivity index is 3.26. The van der Waals surface area contributed by atoms with Crippen LogP contribution in [0.15, 0.2) is 11.9 Å². The average Bonchev–Trinajstić information content (AvgIpc) is 1.61. The van der Waals surface area contributed by atoms with Gasteiger partial charge in [0.05, 0.1) is 0 Å². The van der Waals surface area contributed by atoms with Crippen molar-refractivity contribution in [2.24, 2.45) is 5.73 Å². The SMILES string of the molecule is NC/C=C/[PH](=O)O. The van der Waals surface area contributed by atoms with E-state index >= 15 is 0 Å². The Morgan fingerprint density at radius 3 is 2.57 bits per heavy atom. The zero-order valence-corrected chi connectivity index (χ0v) is 4.79. The van der Waals surface area contributed by atoms with Crippen LogP contribution in [0.1, 0.15) is 0 Å². The Bertz CT molecular complexity index is 90.9. The van der Waals surface area contributed by atoms with E-state index in [1.54, 1.807) is 0 Å². The summed E-state index contributed by atoms with van der Waals surface area (Å²) < 4.78 is 9.80. The number of hydrogen-bond donors (Lipinski definition) is 2. The molecule has 7 heavy (non-hydrogen) atoms. The monoisotopic (exact) mass is 121 g/mol. The van der Waals surface area contributed by atoms with Gasteiger partial charge < -0.3 is 10.6 Å². The molecular weight excluding hydrogens is 113 g/mol. The van der Waals surface area contributed by atoms with Crippen molar-refractivity contribution in [1.29, 1.82) is 0 Å². The molecule has 0 aliphatic rings. The van der Waals surface area contributed by atoms with Gasteiger partial charge >= 0.3 is 0 Å². The van der Waals surface area contributed by atoms with E-state index in [9.17, 15) is 4.57 Å². The van der Waals surface area contributed by atoms with Gasteiger partial charge in [-0.25, -0.2) is 0 Å². The lowest BCUT2D eigenvalue weighted by Gasteiger charge is -1.76. The van der Waals surface area contributed by atoms with Crippen LogP contribution in [-0.4, -0.2) is 11.4 Å². The molecule has 42 valence electrons. The minimum atomic E-state index is -2.41. The van der Waals surface area contributed by atoms with Gasteiger partial charge in [0.2, 0.25) is 8.03 Å². The van der Waals surface area contributed by atoms with Crippen molar-refractivity contribution in [2.45, 2.75) is 0 Å². The Morgan fingerprint density at radius 1 is 1.86 bits per heavy atom. The molecule has 1 atom stereocenters. The van der Waals surface area contributed by atoms with Gasteiger partial charge in [-0.15, -0.1) is 0 Å². The van der Waals surface area contributed by atoms with Crippen molar-refractivity contribution < 1.29 is 9.46 Å². The minimum Gasteiger partial charge on any atom is -0.344 e. The van der Waals surface area contributed by atoms with Crippen molar-refractivity contribution in [3.8, 4) is 0 Å². The summed E-state index contributed by atoms with van der Waals surface area (Å²) in [5, 5.41) is 0. The minimum absolute atomic E-state index is 0.330. The van der Waals surface area contributed by atoms with Gasteiger partial charge in [0, 0.05) is 6.54 Å². The second-order valence-corrected chi connectivity index (χ2v) is 1.99. The normalized spacial score (nSPS) is 15.1. The molecule has 0 saturated carbocycles. The molecule has 3 N–H and O–H groups in total. The second kappa shape index (κ2) is 4.06. The second-order valence-electron chi connectivity index (χ2n) is 0.976. The Labute approximate surface area is 42.7 Å². The summed E-state index contributed by atoms with van der Waals surface area (Å²) in [5.74, 6) is 1.20. The quantitative estimate of drug-likeness (QED) is 0.502. The lowest BCUT2D eigenvalue weighted by molar-refractivity contribution is 0.512. The maximum atomic E-state index is 9.80. The molecule has 0 amide bonds. The molecule has 0 aromatic carbocycles. The Morgan fingerprint density at radius 2 is 2.43 bits per heavy atom. The van der Waals surface area contributed by atoms with Crippen LogP contribution < -0.4 is 5.73 Å². The molecule has 0 fully saturated rings. The molecule has 0 aromatic heterocycles. The van der Waals surface area contributed by atoms with E-state index in [1.165, 1.54) is 11.9 Å². The van der Waals surface area contributed by atoms with Crippen LogP contribution in [0.2, 0.25) is 0 Å². The standard InChI is InChI=1S/C3H8NO2P/c4-2-1-3-7(5)6/h1,3,7H,2,4H2,(H,5,6)/b3-1+. The summed E-state index contributed by atoms with van der Waals surface area (Å²) in [7, 11) is -2.41. The molecule has 0 bridgehead atoms. The molecule has 0 spiro atoms. The average molecular weight is 121 g/mol. The van der Waals surface area contributed by atoms with E-state index in [-0.39, 0.29) is 0 Å². The highest BCUT2D eigenvalue weighted by molar-refractivity contribution is 7.41. The Kier molecular flexibility index (Phi) is 4.00. The first-order valence-electron chi connectivity index (χ1n) is 1.87. The van der Waals surface area contributed by atoms with Crippen LogP contribution in [-0.2, 0) is 4.57 Å². The fourth-order valence-corrected chi connectivity index (χ4v) is 0.507. The van der Waals surface area contributed by atoms with Gasteiger partial charge in [0.25, 0.3) is 0 Å². The van der Waals surface area contributed by atoms with Gasteiger partial charge in [-0.1, -0.05) is 6.08 Å². The van der Waals surface area contributed by atoms with E-state index in [0.29, 0.717) is 6.54 Å². The summed E-state index contributed by atoms with van der Waals surface area (Å²) in [6, 6.07) is 0. The molecule has 0 aliphatic heterocycles. The van der Waals surface area contributed by atoms with E-state index < -0.39 is 8.03 Å². The molecule has 0 aliphatic carbocycles. The number of rotatable bonds is 2. The smallest absolute Gasteiger partial charge is 0.210 e. The van der Waals surface area contributed by atoms with Crippen molar-refractivity contribution in [3.63, 3.8) is 0 Å². The first-order chi connectivity index (χ1) is 3.27. The van der Waals surface area contributed by atoms with Crippen LogP contribution in [0.3, 0.4) is 0 Å². The molecule has 0 aromatic rings. The van der Waals surface area contributed by atoms with E-state index in [0.717, 1.165) is 0 Å². The molecule has 0 saturated heterocycles. The highest BCUT2D eigenvalue weighted by atomic mass is 31.1. The highest BCUT2D eigenvalue weighted by Crippen LogP contribution is 2.12. The van der Waals surface area contributed by atoms with Crippen molar-refractivity contribution in [3.05, 3.63) is 11.9 Å². The van der Waals surface area contributed by atoms with Crippen LogP contribution in [0.4, 0.5) is 0 Å². The third-order valence-electron chi connectivity index (χ3n) is 0.397. The number of nitrogens with two attached hydrogens (primary N) is 1. The molecule has 3 nitrogen and oxygen atoms in total. The van der Waals surface area contributed by atoms with Gasteiger partial charge in [0.1, 0.15) is 0 Å². The maximum absolute atomic E-state index is 9.80. The van der Waals surface area contributed by atoms with Crippen molar-refractivity contribution in [1.82, 2.24) is 0 Å². The van der Waals surface area contributed by atoms with Crippen LogP contribution in [0.5, 0.6) is 0 Å². The zero-order valence-electron chi connectivity index (χ0n) is 3.79.